The molecule has 0 heterocycles. The van der Waals surface area contributed by atoms with E-state index in [1.165, 1.54) is 18.2 Å². The molecule has 0 aliphatic rings. The number of benzene rings is 2. The first-order chi connectivity index (χ1) is 9.51. The lowest BCUT2D eigenvalue weighted by Crippen LogP contribution is -1.95. The van der Waals surface area contributed by atoms with Gasteiger partial charge in [-0.1, -0.05) is 15.9 Å². The molecule has 7 heteroatoms. The van der Waals surface area contributed by atoms with Crippen molar-refractivity contribution in [3.8, 4) is 11.5 Å². The Kier molecular flexibility index (Phi) is 4.51. The third-order valence-electron chi connectivity index (χ3n) is 2.44. The third-order valence-corrected chi connectivity index (χ3v) is 3.56. The quantitative estimate of drug-likeness (QED) is 0.422. The topological polar surface area (TPSA) is 69.4 Å². The minimum atomic E-state index is -0.608. The molecule has 0 atom stereocenters. The van der Waals surface area contributed by atoms with Crippen LogP contribution in [0.5, 0.6) is 11.5 Å². The van der Waals surface area contributed by atoms with Gasteiger partial charge in [-0.05, 0) is 46.3 Å². The Morgan fingerprint density at radius 1 is 1.15 bits per heavy atom. The zero-order valence-corrected chi connectivity index (χ0v) is 13.0. The summed E-state index contributed by atoms with van der Waals surface area (Å²) in [5.41, 5.74) is -0.275. The van der Waals surface area contributed by atoms with Crippen molar-refractivity contribution in [2.24, 2.45) is 0 Å². The third kappa shape index (κ3) is 3.23. The summed E-state index contributed by atoms with van der Waals surface area (Å²) in [6.07, 6.45) is 0.432. The van der Waals surface area contributed by atoms with E-state index in [1.807, 2.05) is 0 Å². The summed E-state index contributed by atoms with van der Waals surface area (Å²) < 4.78 is 7.20. The van der Waals surface area contributed by atoms with Crippen LogP contribution in [0.25, 0.3) is 0 Å². The highest BCUT2D eigenvalue weighted by Gasteiger charge is 2.14. The molecule has 0 spiro atoms. The number of nitro groups is 1. The second-order valence-corrected chi connectivity index (χ2v) is 5.54. The van der Waals surface area contributed by atoms with Gasteiger partial charge < -0.3 is 4.74 Å². The molecule has 0 radical (unpaired) electrons. The van der Waals surface area contributed by atoms with E-state index in [2.05, 4.69) is 31.9 Å². The highest BCUT2D eigenvalue weighted by molar-refractivity contribution is 9.11. The van der Waals surface area contributed by atoms with Gasteiger partial charge in [0, 0.05) is 10.5 Å². The molecule has 20 heavy (non-hydrogen) atoms. The predicted octanol–water partition coefficient (Wildman–Crippen LogP) is 4.72. The first kappa shape index (κ1) is 14.7. The van der Waals surface area contributed by atoms with Crippen LogP contribution < -0.4 is 4.74 Å². The fourth-order valence-electron chi connectivity index (χ4n) is 1.54. The lowest BCUT2D eigenvalue weighted by atomic mass is 10.2. The molecule has 0 aromatic heterocycles. The van der Waals surface area contributed by atoms with Crippen molar-refractivity contribution in [1.29, 1.82) is 0 Å². The fourth-order valence-corrected chi connectivity index (χ4v) is 2.67. The van der Waals surface area contributed by atoms with Crippen molar-refractivity contribution in [3.63, 3.8) is 0 Å². The largest absolute Gasteiger partial charge is 0.456 e. The molecule has 2 aromatic carbocycles. The predicted molar refractivity (Wildman–Crippen MR) is 80.4 cm³/mol. The lowest BCUT2D eigenvalue weighted by molar-refractivity contribution is -0.385. The van der Waals surface area contributed by atoms with Crippen LogP contribution in [0.2, 0.25) is 0 Å². The van der Waals surface area contributed by atoms with E-state index in [-0.39, 0.29) is 11.3 Å². The molecule has 0 aliphatic carbocycles. The smallest absolute Gasteiger partial charge is 0.280 e. The molecule has 0 bridgehead atoms. The summed E-state index contributed by atoms with van der Waals surface area (Å²) >= 11 is 6.67. The van der Waals surface area contributed by atoms with E-state index in [9.17, 15) is 14.9 Å². The summed E-state index contributed by atoms with van der Waals surface area (Å²) in [6.45, 7) is 0. The molecule has 0 unspecified atom stereocenters. The van der Waals surface area contributed by atoms with Crippen LogP contribution in [0.4, 0.5) is 5.69 Å². The Morgan fingerprint density at radius 3 is 2.50 bits per heavy atom. The molecule has 0 N–H and O–H groups in total. The average molecular weight is 401 g/mol. The van der Waals surface area contributed by atoms with Crippen molar-refractivity contribution < 1.29 is 14.5 Å². The average Bonchev–Trinajstić information content (AvgIpc) is 2.41. The van der Waals surface area contributed by atoms with Crippen LogP contribution in [-0.2, 0) is 0 Å². The number of hydrogen-bond donors (Lipinski definition) is 0. The maximum Gasteiger partial charge on any atom is 0.280 e. The van der Waals surface area contributed by atoms with Crippen LogP contribution in [0, 0.1) is 10.1 Å². The van der Waals surface area contributed by atoms with E-state index >= 15 is 0 Å². The zero-order valence-electron chi connectivity index (χ0n) is 9.88. The maximum absolute atomic E-state index is 10.9. The number of aldehydes is 1. The highest BCUT2D eigenvalue weighted by atomic mass is 79.9. The Bertz CT molecular complexity index is 688. The minimum Gasteiger partial charge on any atom is -0.456 e. The van der Waals surface area contributed by atoms with Crippen LogP contribution >= 0.6 is 31.9 Å². The monoisotopic (exact) mass is 399 g/mol. The summed E-state index contributed by atoms with van der Waals surface area (Å²) in [7, 11) is 0. The molecule has 2 rings (SSSR count). The van der Waals surface area contributed by atoms with Gasteiger partial charge in [0.25, 0.3) is 5.69 Å². The van der Waals surface area contributed by atoms with Gasteiger partial charge in [0.2, 0.25) is 0 Å². The van der Waals surface area contributed by atoms with Gasteiger partial charge in [0.1, 0.15) is 11.5 Å². The summed E-state index contributed by atoms with van der Waals surface area (Å²) in [4.78, 5) is 21.0. The molecule has 0 saturated heterocycles. The van der Waals surface area contributed by atoms with Gasteiger partial charge >= 0.3 is 0 Å². The molecular formula is C13H7Br2NO4. The summed E-state index contributed by atoms with van der Waals surface area (Å²) in [5, 5.41) is 10.7. The molecular weight excluding hydrogens is 394 g/mol. The number of nitrogens with zero attached hydrogens (tertiary/aromatic N) is 1. The zero-order chi connectivity index (χ0) is 14.7. The van der Waals surface area contributed by atoms with E-state index in [0.29, 0.717) is 17.8 Å². The van der Waals surface area contributed by atoms with Gasteiger partial charge in [0.05, 0.1) is 15.0 Å². The van der Waals surface area contributed by atoms with Crippen LogP contribution in [0.1, 0.15) is 10.4 Å². The van der Waals surface area contributed by atoms with E-state index in [4.69, 9.17) is 4.74 Å². The number of halogens is 2. The van der Waals surface area contributed by atoms with Gasteiger partial charge in [0.15, 0.2) is 6.29 Å². The number of carbonyl (C=O) groups excluding carboxylic acids is 1. The van der Waals surface area contributed by atoms with Crippen molar-refractivity contribution >= 4 is 43.8 Å². The van der Waals surface area contributed by atoms with Crippen molar-refractivity contribution in [2.45, 2.75) is 0 Å². The Labute approximate surface area is 131 Å². The SMILES string of the molecule is O=Cc1cc(Oc2ccc(Br)cc2Br)ccc1[N+](=O)[O-]. The number of ether oxygens (including phenoxy) is 1. The van der Waals surface area contributed by atoms with Crippen LogP contribution in [0.3, 0.4) is 0 Å². The Hall–Kier alpha value is -1.73. The van der Waals surface area contributed by atoms with Crippen LogP contribution in [-0.4, -0.2) is 11.2 Å². The summed E-state index contributed by atoms with van der Waals surface area (Å²) in [5.74, 6) is 0.889. The molecule has 5 nitrogen and oxygen atoms in total. The molecule has 0 saturated carbocycles. The number of rotatable bonds is 4. The first-order valence-electron chi connectivity index (χ1n) is 5.38. The highest BCUT2D eigenvalue weighted by Crippen LogP contribution is 2.33. The number of carbonyl (C=O) groups is 1. The molecule has 0 fully saturated rings. The van der Waals surface area contributed by atoms with Crippen molar-refractivity contribution in [2.75, 3.05) is 0 Å². The molecule has 0 amide bonds. The summed E-state index contributed by atoms with van der Waals surface area (Å²) in [6, 6.07) is 9.36. The standard InChI is InChI=1S/C13H7Br2NO4/c14-9-1-4-13(11(15)6-9)20-10-2-3-12(16(18)19)8(5-10)7-17/h1-7H. The fraction of sp³-hybridized carbons (Fsp3) is 0. The normalized spacial score (nSPS) is 10.1. The number of nitro benzene ring substituents is 1. The Balaban J connectivity index is 2.34. The maximum atomic E-state index is 10.9. The van der Waals surface area contributed by atoms with Gasteiger partial charge in [-0.15, -0.1) is 0 Å². The first-order valence-corrected chi connectivity index (χ1v) is 6.96. The van der Waals surface area contributed by atoms with Crippen molar-refractivity contribution in [1.82, 2.24) is 0 Å². The molecule has 2 aromatic rings. The lowest BCUT2D eigenvalue weighted by Gasteiger charge is -2.08. The second-order valence-electron chi connectivity index (χ2n) is 3.77. The van der Waals surface area contributed by atoms with Crippen LogP contribution in [0.15, 0.2) is 45.3 Å². The van der Waals surface area contributed by atoms with Gasteiger partial charge in [-0.25, -0.2) is 0 Å². The van der Waals surface area contributed by atoms with Gasteiger partial charge in [-0.2, -0.15) is 0 Å². The molecule has 102 valence electrons. The molecule has 0 aliphatic heterocycles. The van der Waals surface area contributed by atoms with Gasteiger partial charge in [-0.3, -0.25) is 14.9 Å². The number of hydrogen-bond acceptors (Lipinski definition) is 4. The van der Waals surface area contributed by atoms with E-state index < -0.39 is 4.92 Å². The second kappa shape index (κ2) is 6.15. The van der Waals surface area contributed by atoms with E-state index in [0.717, 1.165) is 8.95 Å². The Morgan fingerprint density at radius 2 is 1.90 bits per heavy atom. The van der Waals surface area contributed by atoms with E-state index in [1.54, 1.807) is 18.2 Å². The minimum absolute atomic E-state index is 0.0271. The van der Waals surface area contributed by atoms with Crippen molar-refractivity contribution in [3.05, 3.63) is 61.0 Å².